The second-order valence-corrected chi connectivity index (χ2v) is 4.36. The van der Waals surface area contributed by atoms with E-state index >= 15 is 0 Å². The van der Waals surface area contributed by atoms with E-state index in [1.807, 2.05) is 6.92 Å². The summed E-state index contributed by atoms with van der Waals surface area (Å²) >= 11 is 1.44. The Hall–Kier alpha value is -1.14. The summed E-state index contributed by atoms with van der Waals surface area (Å²) in [5.41, 5.74) is 5.53. The second-order valence-electron chi connectivity index (χ2n) is 3.15. The van der Waals surface area contributed by atoms with Gasteiger partial charge in [0.05, 0.1) is 24.3 Å². The molecule has 1 aliphatic rings. The summed E-state index contributed by atoms with van der Waals surface area (Å²) in [6.07, 6.45) is 0. The van der Waals surface area contributed by atoms with E-state index in [-0.39, 0.29) is 6.04 Å². The quantitative estimate of drug-likeness (QED) is 0.760. The summed E-state index contributed by atoms with van der Waals surface area (Å²) in [7, 11) is 0. The van der Waals surface area contributed by atoms with Crippen molar-refractivity contribution in [2.75, 3.05) is 18.5 Å². The van der Waals surface area contributed by atoms with Crippen molar-refractivity contribution >= 4 is 22.2 Å². The highest BCUT2D eigenvalue weighted by Crippen LogP contribution is 2.25. The number of rotatable bonds is 3. The smallest absolute Gasteiger partial charge is 0.270 e. The lowest BCUT2D eigenvalue weighted by atomic mass is 10.2. The minimum absolute atomic E-state index is 0.285. The molecule has 0 aliphatic carbocycles. The first-order valence-electron chi connectivity index (χ1n) is 4.28. The van der Waals surface area contributed by atoms with Crippen molar-refractivity contribution in [2.24, 2.45) is 5.73 Å². The molecule has 6 heteroatoms. The number of nitrogens with one attached hydrogen (secondary N) is 1. The normalized spacial score (nSPS) is 16.4. The summed E-state index contributed by atoms with van der Waals surface area (Å²) in [6, 6.07) is 0.285. The zero-order valence-electron chi connectivity index (χ0n) is 7.74. The number of carbonyl (C=O) groups excluding carboxylic acids is 1. The zero-order valence-corrected chi connectivity index (χ0v) is 8.56. The van der Waals surface area contributed by atoms with Crippen molar-refractivity contribution in [1.29, 1.82) is 0 Å². The van der Waals surface area contributed by atoms with Crippen LogP contribution in [0.4, 0.5) is 5.00 Å². The van der Waals surface area contributed by atoms with Crippen LogP contribution in [0.1, 0.15) is 15.5 Å². The van der Waals surface area contributed by atoms with E-state index in [4.69, 9.17) is 10.5 Å². The Morgan fingerprint density at radius 3 is 2.93 bits per heavy atom. The Morgan fingerprint density at radius 2 is 2.43 bits per heavy atom. The molecule has 5 nitrogen and oxygen atoms in total. The van der Waals surface area contributed by atoms with Crippen LogP contribution in [0.25, 0.3) is 0 Å². The van der Waals surface area contributed by atoms with Gasteiger partial charge in [0, 0.05) is 0 Å². The van der Waals surface area contributed by atoms with E-state index in [0.717, 1.165) is 10.0 Å². The first-order valence-corrected chi connectivity index (χ1v) is 5.10. The number of ether oxygens (including phenoxy) is 1. The molecule has 0 bridgehead atoms. The molecule has 1 aliphatic heterocycles. The van der Waals surface area contributed by atoms with E-state index in [1.165, 1.54) is 11.3 Å². The Balaban J connectivity index is 2.17. The number of hydrogen-bond acceptors (Lipinski definition) is 5. The molecule has 0 atom stereocenters. The van der Waals surface area contributed by atoms with Crippen LogP contribution in [-0.2, 0) is 4.74 Å². The SMILES string of the molecule is Cc1nc(C(N)=O)c(NC2COC2)s1. The number of nitrogens with two attached hydrogens (primary N) is 1. The molecule has 76 valence electrons. The molecule has 2 heterocycles. The first-order chi connectivity index (χ1) is 6.66. The number of nitrogens with zero attached hydrogens (tertiary/aromatic N) is 1. The van der Waals surface area contributed by atoms with E-state index in [2.05, 4.69) is 10.3 Å². The molecular formula is C8H11N3O2S. The molecule has 1 aromatic heterocycles. The van der Waals surface area contributed by atoms with Gasteiger partial charge in [-0.25, -0.2) is 4.98 Å². The van der Waals surface area contributed by atoms with Crippen molar-refractivity contribution in [3.8, 4) is 0 Å². The molecule has 1 amide bonds. The van der Waals surface area contributed by atoms with E-state index in [9.17, 15) is 4.79 Å². The van der Waals surface area contributed by atoms with Crippen molar-refractivity contribution in [3.05, 3.63) is 10.7 Å². The van der Waals surface area contributed by atoms with E-state index in [1.54, 1.807) is 0 Å². The number of anilines is 1. The van der Waals surface area contributed by atoms with Gasteiger partial charge in [0.2, 0.25) is 0 Å². The van der Waals surface area contributed by atoms with Crippen LogP contribution in [0.2, 0.25) is 0 Å². The van der Waals surface area contributed by atoms with Crippen LogP contribution in [0, 0.1) is 6.92 Å². The molecule has 3 N–H and O–H groups in total. The van der Waals surface area contributed by atoms with Gasteiger partial charge in [-0.15, -0.1) is 11.3 Å². The van der Waals surface area contributed by atoms with Crippen LogP contribution < -0.4 is 11.1 Å². The number of primary amides is 1. The molecule has 0 saturated carbocycles. The maximum atomic E-state index is 11.0. The Morgan fingerprint density at radius 1 is 1.71 bits per heavy atom. The van der Waals surface area contributed by atoms with Gasteiger partial charge in [-0.3, -0.25) is 4.79 Å². The third kappa shape index (κ3) is 1.71. The lowest BCUT2D eigenvalue weighted by Gasteiger charge is -2.27. The van der Waals surface area contributed by atoms with E-state index < -0.39 is 5.91 Å². The highest BCUT2D eigenvalue weighted by atomic mass is 32.1. The first kappa shape index (κ1) is 9.42. The fourth-order valence-electron chi connectivity index (χ4n) is 1.20. The molecule has 0 unspecified atom stereocenters. The third-order valence-corrected chi connectivity index (χ3v) is 2.84. The number of carbonyl (C=O) groups is 1. The lowest BCUT2D eigenvalue weighted by Crippen LogP contribution is -2.40. The summed E-state index contributed by atoms with van der Waals surface area (Å²) in [4.78, 5) is 15.1. The number of amides is 1. The average Bonchev–Trinajstić information content (AvgIpc) is 2.39. The Bertz CT molecular complexity index is 359. The largest absolute Gasteiger partial charge is 0.377 e. The monoisotopic (exact) mass is 213 g/mol. The van der Waals surface area contributed by atoms with Gasteiger partial charge in [-0.1, -0.05) is 0 Å². The molecule has 14 heavy (non-hydrogen) atoms. The van der Waals surface area contributed by atoms with Gasteiger partial charge in [0.15, 0.2) is 5.69 Å². The van der Waals surface area contributed by atoms with Crippen molar-refractivity contribution in [2.45, 2.75) is 13.0 Å². The second kappa shape index (κ2) is 3.55. The molecule has 0 spiro atoms. The van der Waals surface area contributed by atoms with Gasteiger partial charge >= 0.3 is 0 Å². The average molecular weight is 213 g/mol. The number of thiazole rings is 1. The van der Waals surface area contributed by atoms with Gasteiger partial charge in [-0.2, -0.15) is 0 Å². The molecule has 1 fully saturated rings. The molecule has 1 aromatic rings. The minimum atomic E-state index is -0.489. The number of hydrogen-bond donors (Lipinski definition) is 2. The van der Waals surface area contributed by atoms with Crippen LogP contribution in [0.3, 0.4) is 0 Å². The molecule has 0 aromatic carbocycles. The van der Waals surface area contributed by atoms with Crippen molar-refractivity contribution in [1.82, 2.24) is 4.98 Å². The highest BCUT2D eigenvalue weighted by molar-refractivity contribution is 7.16. The van der Waals surface area contributed by atoms with Crippen molar-refractivity contribution in [3.63, 3.8) is 0 Å². The molecule has 1 saturated heterocycles. The van der Waals surface area contributed by atoms with Gasteiger partial charge in [0.25, 0.3) is 5.91 Å². The molecule has 2 rings (SSSR count). The molecular weight excluding hydrogens is 202 g/mol. The fourth-order valence-corrected chi connectivity index (χ4v) is 2.10. The van der Waals surface area contributed by atoms with Crippen LogP contribution in [0.15, 0.2) is 0 Å². The highest BCUT2D eigenvalue weighted by Gasteiger charge is 2.22. The summed E-state index contributed by atoms with van der Waals surface area (Å²) in [5.74, 6) is -0.489. The number of aromatic nitrogens is 1. The minimum Gasteiger partial charge on any atom is -0.377 e. The van der Waals surface area contributed by atoms with Crippen LogP contribution in [0.5, 0.6) is 0 Å². The summed E-state index contributed by atoms with van der Waals surface area (Å²) < 4.78 is 5.02. The molecule has 0 radical (unpaired) electrons. The maximum absolute atomic E-state index is 11.0. The van der Waals surface area contributed by atoms with E-state index in [0.29, 0.717) is 18.9 Å². The lowest BCUT2D eigenvalue weighted by molar-refractivity contribution is 0.0212. The van der Waals surface area contributed by atoms with Gasteiger partial charge < -0.3 is 15.8 Å². The topological polar surface area (TPSA) is 77.2 Å². The summed E-state index contributed by atoms with van der Waals surface area (Å²) in [6.45, 7) is 3.20. The van der Waals surface area contributed by atoms with Gasteiger partial charge in [-0.05, 0) is 6.92 Å². The number of aryl methyl sites for hydroxylation is 1. The predicted octanol–water partition coefficient (Wildman–Crippen LogP) is 0.361. The standard InChI is InChI=1S/C8H11N3O2S/c1-4-10-6(7(9)12)8(14-4)11-5-2-13-3-5/h5,11H,2-3H2,1H3,(H2,9,12). The predicted molar refractivity (Wildman–Crippen MR) is 53.6 cm³/mol. The zero-order chi connectivity index (χ0) is 10.1. The maximum Gasteiger partial charge on any atom is 0.270 e. The van der Waals surface area contributed by atoms with Gasteiger partial charge in [0.1, 0.15) is 5.00 Å². The van der Waals surface area contributed by atoms with Crippen molar-refractivity contribution < 1.29 is 9.53 Å². The fraction of sp³-hybridized carbons (Fsp3) is 0.500. The Kier molecular flexibility index (Phi) is 2.39. The third-order valence-electron chi connectivity index (χ3n) is 1.94. The summed E-state index contributed by atoms with van der Waals surface area (Å²) in [5, 5.41) is 4.77. The van der Waals surface area contributed by atoms with Crippen LogP contribution in [-0.4, -0.2) is 30.1 Å². The Labute approximate surface area is 85.3 Å². The van der Waals surface area contributed by atoms with Crippen LogP contribution >= 0.6 is 11.3 Å².